The summed E-state index contributed by atoms with van der Waals surface area (Å²) in [6.07, 6.45) is 3.30. The second-order valence-electron chi connectivity index (χ2n) is 5.14. The first-order chi connectivity index (χ1) is 8.52. The molecule has 1 N–H and O–H groups in total. The molecule has 1 aromatic rings. The van der Waals surface area contributed by atoms with Crippen LogP contribution in [-0.2, 0) is 6.42 Å². The van der Waals surface area contributed by atoms with E-state index >= 15 is 0 Å². The largest absolute Gasteiger partial charge is 0.314 e. The highest BCUT2D eigenvalue weighted by Crippen LogP contribution is 2.22. The summed E-state index contributed by atoms with van der Waals surface area (Å²) in [6, 6.07) is 5.49. The number of nitrogens with one attached hydrogen (secondary N) is 1. The maximum Gasteiger partial charge on any atom is 0.124 e. The van der Waals surface area contributed by atoms with Crippen LogP contribution in [0.5, 0.6) is 0 Å². The molecule has 0 bridgehead atoms. The van der Waals surface area contributed by atoms with Gasteiger partial charge in [-0.2, -0.15) is 0 Å². The smallest absolute Gasteiger partial charge is 0.124 e. The SMILES string of the molecule is CCCNC(C)CC(C)Cc1ccc(F)cc1Br. The van der Waals surface area contributed by atoms with Crippen molar-refractivity contribution in [1.29, 1.82) is 0 Å². The molecule has 0 saturated carbocycles. The monoisotopic (exact) mass is 315 g/mol. The Hall–Kier alpha value is -0.410. The zero-order chi connectivity index (χ0) is 13.5. The molecule has 1 nitrogen and oxygen atoms in total. The molecule has 0 aliphatic carbocycles. The fraction of sp³-hybridized carbons (Fsp3) is 0.600. The van der Waals surface area contributed by atoms with E-state index in [-0.39, 0.29) is 5.82 Å². The van der Waals surface area contributed by atoms with Crippen LogP contribution in [0.4, 0.5) is 4.39 Å². The van der Waals surface area contributed by atoms with E-state index in [4.69, 9.17) is 0 Å². The lowest BCUT2D eigenvalue weighted by atomic mass is 9.95. The van der Waals surface area contributed by atoms with Crippen molar-refractivity contribution in [2.45, 2.75) is 46.1 Å². The molecular weight excluding hydrogens is 293 g/mol. The van der Waals surface area contributed by atoms with Crippen molar-refractivity contribution in [3.63, 3.8) is 0 Å². The summed E-state index contributed by atoms with van der Waals surface area (Å²) in [5.41, 5.74) is 1.19. The van der Waals surface area contributed by atoms with Gasteiger partial charge in [0.1, 0.15) is 5.82 Å². The van der Waals surface area contributed by atoms with E-state index in [0.29, 0.717) is 12.0 Å². The number of benzene rings is 1. The van der Waals surface area contributed by atoms with Crippen molar-refractivity contribution in [3.8, 4) is 0 Å². The maximum atomic E-state index is 13.0. The minimum Gasteiger partial charge on any atom is -0.314 e. The number of halogens is 2. The van der Waals surface area contributed by atoms with Crippen molar-refractivity contribution in [3.05, 3.63) is 34.1 Å². The molecule has 102 valence electrons. The normalized spacial score (nSPS) is 14.5. The van der Waals surface area contributed by atoms with Crippen molar-refractivity contribution < 1.29 is 4.39 Å². The highest BCUT2D eigenvalue weighted by molar-refractivity contribution is 9.10. The second kappa shape index (κ2) is 7.90. The van der Waals surface area contributed by atoms with E-state index in [9.17, 15) is 4.39 Å². The van der Waals surface area contributed by atoms with E-state index in [1.807, 2.05) is 6.07 Å². The van der Waals surface area contributed by atoms with Crippen LogP contribution in [-0.4, -0.2) is 12.6 Å². The quantitative estimate of drug-likeness (QED) is 0.778. The molecule has 0 amide bonds. The minimum atomic E-state index is -0.184. The van der Waals surface area contributed by atoms with Gasteiger partial charge < -0.3 is 5.32 Å². The summed E-state index contributed by atoms with van der Waals surface area (Å²) in [6.45, 7) is 7.73. The zero-order valence-electron chi connectivity index (χ0n) is 11.5. The molecule has 0 aliphatic heterocycles. The van der Waals surface area contributed by atoms with Gasteiger partial charge in [-0.05, 0) is 56.3 Å². The third kappa shape index (κ3) is 5.49. The highest BCUT2D eigenvalue weighted by Gasteiger charge is 2.11. The third-order valence-electron chi connectivity index (χ3n) is 3.08. The average molecular weight is 316 g/mol. The van der Waals surface area contributed by atoms with Gasteiger partial charge in [0.2, 0.25) is 0 Å². The molecule has 1 rings (SSSR count). The molecule has 0 spiro atoms. The molecular formula is C15H23BrFN. The Morgan fingerprint density at radius 1 is 1.33 bits per heavy atom. The minimum absolute atomic E-state index is 0.184. The van der Waals surface area contributed by atoms with Gasteiger partial charge in [-0.25, -0.2) is 4.39 Å². The Bertz CT molecular complexity index is 368. The van der Waals surface area contributed by atoms with Gasteiger partial charge in [0.15, 0.2) is 0 Å². The van der Waals surface area contributed by atoms with E-state index in [0.717, 1.165) is 23.9 Å². The highest BCUT2D eigenvalue weighted by atomic mass is 79.9. The van der Waals surface area contributed by atoms with Crippen LogP contribution < -0.4 is 5.32 Å². The summed E-state index contributed by atoms with van der Waals surface area (Å²) in [5.74, 6) is 0.405. The topological polar surface area (TPSA) is 12.0 Å². The lowest BCUT2D eigenvalue weighted by Crippen LogP contribution is -2.28. The Morgan fingerprint density at radius 2 is 2.06 bits per heavy atom. The zero-order valence-corrected chi connectivity index (χ0v) is 13.1. The number of rotatable bonds is 7. The molecule has 0 radical (unpaired) electrons. The lowest BCUT2D eigenvalue weighted by molar-refractivity contribution is 0.419. The summed E-state index contributed by atoms with van der Waals surface area (Å²) in [4.78, 5) is 0. The van der Waals surface area contributed by atoms with E-state index < -0.39 is 0 Å². The summed E-state index contributed by atoms with van der Waals surface area (Å²) in [5, 5.41) is 3.50. The molecule has 2 atom stereocenters. The van der Waals surface area contributed by atoms with Crippen LogP contribution in [0.3, 0.4) is 0 Å². The van der Waals surface area contributed by atoms with Gasteiger partial charge in [0, 0.05) is 10.5 Å². The van der Waals surface area contributed by atoms with Crippen molar-refractivity contribution in [2.24, 2.45) is 5.92 Å². The molecule has 0 saturated heterocycles. The second-order valence-corrected chi connectivity index (χ2v) is 5.99. The van der Waals surface area contributed by atoms with Crippen molar-refractivity contribution in [2.75, 3.05) is 6.54 Å². The van der Waals surface area contributed by atoms with Gasteiger partial charge >= 0.3 is 0 Å². The third-order valence-corrected chi connectivity index (χ3v) is 3.82. The van der Waals surface area contributed by atoms with Crippen molar-refractivity contribution >= 4 is 15.9 Å². The average Bonchev–Trinajstić information content (AvgIpc) is 2.30. The first kappa shape index (κ1) is 15.6. The van der Waals surface area contributed by atoms with Crippen LogP contribution in [0.15, 0.2) is 22.7 Å². The lowest BCUT2D eigenvalue weighted by Gasteiger charge is -2.19. The predicted octanol–water partition coefficient (Wildman–Crippen LogP) is 4.55. The van der Waals surface area contributed by atoms with E-state index in [1.165, 1.54) is 18.1 Å². The maximum absolute atomic E-state index is 13.0. The van der Waals surface area contributed by atoms with Gasteiger partial charge in [-0.15, -0.1) is 0 Å². The van der Waals surface area contributed by atoms with Crippen LogP contribution in [0.1, 0.15) is 39.2 Å². The summed E-state index contributed by atoms with van der Waals surface area (Å²) < 4.78 is 13.9. The fourth-order valence-corrected chi connectivity index (χ4v) is 2.74. The molecule has 0 heterocycles. The van der Waals surface area contributed by atoms with E-state index in [2.05, 4.69) is 42.0 Å². The first-order valence-corrected chi connectivity index (χ1v) is 7.49. The van der Waals surface area contributed by atoms with Gasteiger partial charge in [-0.1, -0.05) is 35.8 Å². The fourth-order valence-electron chi connectivity index (χ4n) is 2.22. The Kier molecular flexibility index (Phi) is 6.87. The molecule has 1 aromatic carbocycles. The Labute approximate surface area is 118 Å². The Balaban J connectivity index is 2.46. The van der Waals surface area contributed by atoms with E-state index in [1.54, 1.807) is 6.07 Å². The molecule has 2 unspecified atom stereocenters. The number of hydrogen-bond donors (Lipinski definition) is 1. The van der Waals surface area contributed by atoms with Gasteiger partial charge in [0.05, 0.1) is 0 Å². The summed E-state index contributed by atoms with van der Waals surface area (Å²) >= 11 is 3.43. The first-order valence-electron chi connectivity index (χ1n) is 6.70. The molecule has 0 fully saturated rings. The van der Waals surface area contributed by atoms with Crippen LogP contribution in [0.2, 0.25) is 0 Å². The van der Waals surface area contributed by atoms with Crippen molar-refractivity contribution in [1.82, 2.24) is 5.32 Å². The number of hydrogen-bond acceptors (Lipinski definition) is 1. The van der Waals surface area contributed by atoms with Crippen LogP contribution >= 0.6 is 15.9 Å². The molecule has 18 heavy (non-hydrogen) atoms. The predicted molar refractivity (Wildman–Crippen MR) is 79.3 cm³/mol. The van der Waals surface area contributed by atoms with Gasteiger partial charge in [-0.3, -0.25) is 0 Å². The van der Waals surface area contributed by atoms with Crippen LogP contribution in [0.25, 0.3) is 0 Å². The summed E-state index contributed by atoms with van der Waals surface area (Å²) in [7, 11) is 0. The molecule has 0 aromatic heterocycles. The van der Waals surface area contributed by atoms with Crippen LogP contribution in [0, 0.1) is 11.7 Å². The standard InChI is InChI=1S/C15H23BrFN/c1-4-7-18-12(3)8-11(2)9-13-5-6-14(17)10-15(13)16/h5-6,10-12,18H,4,7-9H2,1-3H3. The molecule has 3 heteroatoms. The molecule has 0 aliphatic rings. The Morgan fingerprint density at radius 3 is 2.67 bits per heavy atom. The van der Waals surface area contributed by atoms with Gasteiger partial charge in [0.25, 0.3) is 0 Å².